The van der Waals surface area contributed by atoms with Gasteiger partial charge in [-0.3, -0.25) is 14.4 Å². The van der Waals surface area contributed by atoms with Crippen LogP contribution in [0.1, 0.15) is 30.6 Å². The van der Waals surface area contributed by atoms with E-state index in [1.807, 2.05) is 0 Å². The Kier molecular flexibility index (Phi) is 6.36. The van der Waals surface area contributed by atoms with Gasteiger partial charge in [-0.2, -0.15) is 4.68 Å². The summed E-state index contributed by atoms with van der Waals surface area (Å²) in [4.78, 5) is 36.0. The molecule has 1 heterocycles. The molecule has 0 unspecified atom stereocenters. The van der Waals surface area contributed by atoms with Gasteiger partial charge in [0.1, 0.15) is 5.82 Å². The molecular formula is C22H20FN3O4. The molecule has 0 bridgehead atoms. The molecule has 2 aromatic carbocycles. The quantitative estimate of drug-likeness (QED) is 0.604. The van der Waals surface area contributed by atoms with Crippen LogP contribution in [-0.2, 0) is 4.79 Å². The maximum Gasteiger partial charge on any atom is 0.271 e. The molecule has 3 aromatic rings. The molecule has 0 aliphatic carbocycles. The van der Waals surface area contributed by atoms with Gasteiger partial charge >= 0.3 is 0 Å². The van der Waals surface area contributed by atoms with Crippen LogP contribution < -0.4 is 15.6 Å². The number of Topliss-reactive ketones (excluding diaryl/α,β-unsaturated/α-hetero) is 1. The van der Waals surface area contributed by atoms with E-state index in [2.05, 4.69) is 10.4 Å². The van der Waals surface area contributed by atoms with Crippen molar-refractivity contribution in [1.29, 1.82) is 0 Å². The monoisotopic (exact) mass is 409 g/mol. The summed E-state index contributed by atoms with van der Waals surface area (Å²) in [6.07, 6.45) is -0.501. The third-order valence-corrected chi connectivity index (χ3v) is 4.33. The van der Waals surface area contributed by atoms with Crippen LogP contribution in [-0.4, -0.2) is 27.6 Å². The van der Waals surface area contributed by atoms with E-state index >= 15 is 0 Å². The Hall–Kier alpha value is -3.81. The van der Waals surface area contributed by atoms with E-state index in [9.17, 15) is 18.8 Å². The zero-order chi connectivity index (χ0) is 21.7. The number of carbonyl (C=O) groups is 2. The van der Waals surface area contributed by atoms with E-state index in [1.165, 1.54) is 43.3 Å². The highest BCUT2D eigenvalue weighted by Crippen LogP contribution is 2.14. The minimum absolute atomic E-state index is 0.0648. The van der Waals surface area contributed by atoms with Crippen molar-refractivity contribution >= 4 is 17.4 Å². The first-order chi connectivity index (χ1) is 14.4. The number of nitrogens with one attached hydrogen (secondary N) is 1. The fourth-order valence-electron chi connectivity index (χ4n) is 2.70. The number of ketones is 1. The molecule has 1 amide bonds. The lowest BCUT2D eigenvalue weighted by Crippen LogP contribution is -2.33. The minimum atomic E-state index is -0.857. The number of aromatic nitrogens is 2. The third kappa shape index (κ3) is 4.96. The van der Waals surface area contributed by atoms with Crippen LogP contribution in [0.15, 0.2) is 65.5 Å². The van der Waals surface area contributed by atoms with Crippen LogP contribution in [0.3, 0.4) is 0 Å². The van der Waals surface area contributed by atoms with Gasteiger partial charge < -0.3 is 10.1 Å². The third-order valence-electron chi connectivity index (χ3n) is 4.33. The maximum absolute atomic E-state index is 13.1. The van der Waals surface area contributed by atoms with Crippen molar-refractivity contribution in [3.8, 4) is 11.6 Å². The first-order valence-electron chi connectivity index (χ1n) is 9.32. The van der Waals surface area contributed by atoms with E-state index in [4.69, 9.17) is 4.74 Å². The number of ether oxygens (including phenoxy) is 1. The predicted octanol–water partition coefficient (Wildman–Crippen LogP) is 3.37. The Labute approximate surface area is 172 Å². The molecule has 154 valence electrons. The lowest BCUT2D eigenvalue weighted by Gasteiger charge is -2.17. The molecule has 1 atom stereocenters. The van der Waals surface area contributed by atoms with Crippen LogP contribution in [0.2, 0.25) is 0 Å². The lowest BCUT2D eigenvalue weighted by molar-refractivity contribution is -0.123. The first-order valence-corrected chi connectivity index (χ1v) is 9.32. The summed E-state index contributed by atoms with van der Waals surface area (Å²) in [5.41, 5.74) is 1.02. The summed E-state index contributed by atoms with van der Waals surface area (Å²) in [6, 6.07) is 14.4. The number of anilines is 1. The van der Waals surface area contributed by atoms with Gasteiger partial charge in [0.05, 0.1) is 5.69 Å². The Morgan fingerprint density at radius 2 is 1.73 bits per heavy atom. The molecule has 7 nitrogen and oxygen atoms in total. The molecule has 1 N–H and O–H groups in total. The van der Waals surface area contributed by atoms with Crippen molar-refractivity contribution < 1.29 is 18.7 Å². The summed E-state index contributed by atoms with van der Waals surface area (Å²) in [5, 5.41) is 6.85. The molecule has 3 rings (SSSR count). The predicted molar refractivity (Wildman–Crippen MR) is 110 cm³/mol. The smallest absolute Gasteiger partial charge is 0.271 e. The van der Waals surface area contributed by atoms with Gasteiger partial charge in [0.2, 0.25) is 5.88 Å². The number of hydrogen-bond acceptors (Lipinski definition) is 5. The average molecular weight is 409 g/mol. The van der Waals surface area contributed by atoms with Crippen LogP contribution in [0.4, 0.5) is 10.1 Å². The number of rotatable bonds is 7. The van der Waals surface area contributed by atoms with E-state index in [1.54, 1.807) is 31.2 Å². The van der Waals surface area contributed by atoms with Crippen molar-refractivity contribution in [2.45, 2.75) is 26.4 Å². The second-order valence-corrected chi connectivity index (χ2v) is 6.54. The molecule has 0 fully saturated rings. The van der Waals surface area contributed by atoms with Gasteiger partial charge in [0, 0.05) is 23.4 Å². The van der Waals surface area contributed by atoms with Gasteiger partial charge in [-0.25, -0.2) is 4.39 Å². The van der Waals surface area contributed by atoms with Gasteiger partial charge in [-0.1, -0.05) is 6.92 Å². The van der Waals surface area contributed by atoms with Crippen molar-refractivity contribution in [2.75, 3.05) is 5.32 Å². The number of amides is 1. The summed E-state index contributed by atoms with van der Waals surface area (Å²) in [5.74, 6) is -0.814. The highest BCUT2D eigenvalue weighted by molar-refractivity contribution is 5.96. The van der Waals surface area contributed by atoms with Crippen molar-refractivity contribution in [2.24, 2.45) is 0 Å². The normalized spacial score (nSPS) is 11.6. The standard InChI is InChI=1S/C22H20FN3O4/c1-3-19(22(29)24-17-8-4-15(5-9-17)14(2)27)30-20-12-13-21(28)26(25-20)18-10-6-16(23)7-11-18/h4-13,19H,3H2,1-2H3,(H,24,29)/t19-/m1/s1. The van der Waals surface area contributed by atoms with Crippen LogP contribution in [0.25, 0.3) is 5.69 Å². The maximum atomic E-state index is 13.1. The highest BCUT2D eigenvalue weighted by atomic mass is 19.1. The van der Waals surface area contributed by atoms with Crippen LogP contribution in [0, 0.1) is 5.82 Å². The highest BCUT2D eigenvalue weighted by Gasteiger charge is 2.20. The van der Waals surface area contributed by atoms with Crippen molar-refractivity contribution in [1.82, 2.24) is 9.78 Å². The molecule has 30 heavy (non-hydrogen) atoms. The lowest BCUT2D eigenvalue weighted by atomic mass is 10.1. The number of benzene rings is 2. The molecular weight excluding hydrogens is 389 g/mol. The molecule has 0 radical (unpaired) electrons. The van der Waals surface area contributed by atoms with E-state index in [-0.39, 0.29) is 11.7 Å². The topological polar surface area (TPSA) is 90.3 Å². The zero-order valence-corrected chi connectivity index (χ0v) is 16.5. The average Bonchev–Trinajstić information content (AvgIpc) is 2.74. The molecule has 0 saturated carbocycles. The van der Waals surface area contributed by atoms with Gasteiger partial charge in [-0.05, 0) is 61.9 Å². The molecule has 8 heteroatoms. The van der Waals surface area contributed by atoms with Gasteiger partial charge in [-0.15, -0.1) is 5.10 Å². The number of carbonyl (C=O) groups excluding carboxylic acids is 2. The summed E-state index contributed by atoms with van der Waals surface area (Å²) in [7, 11) is 0. The fourth-order valence-corrected chi connectivity index (χ4v) is 2.70. The molecule has 0 spiro atoms. The molecule has 1 aromatic heterocycles. The van der Waals surface area contributed by atoms with E-state index in [0.29, 0.717) is 23.4 Å². The fraction of sp³-hybridized carbons (Fsp3) is 0.182. The van der Waals surface area contributed by atoms with Crippen molar-refractivity contribution in [3.05, 3.63) is 82.4 Å². The first kappa shape index (κ1) is 20.9. The zero-order valence-electron chi connectivity index (χ0n) is 16.5. The molecule has 0 aliphatic heterocycles. The Balaban J connectivity index is 1.75. The minimum Gasteiger partial charge on any atom is -0.463 e. The molecule has 0 saturated heterocycles. The van der Waals surface area contributed by atoms with Gasteiger partial charge in [0.15, 0.2) is 11.9 Å². The summed E-state index contributed by atoms with van der Waals surface area (Å²) >= 11 is 0. The Morgan fingerprint density at radius 3 is 2.33 bits per heavy atom. The molecule has 0 aliphatic rings. The summed E-state index contributed by atoms with van der Waals surface area (Å²) in [6.45, 7) is 3.24. The SMILES string of the molecule is CC[C@@H](Oc1ccc(=O)n(-c2ccc(F)cc2)n1)C(=O)Nc1ccc(C(C)=O)cc1. The number of halogens is 1. The van der Waals surface area contributed by atoms with E-state index < -0.39 is 23.4 Å². The van der Waals surface area contributed by atoms with Gasteiger partial charge in [0.25, 0.3) is 11.5 Å². The van der Waals surface area contributed by atoms with Crippen LogP contribution in [0.5, 0.6) is 5.88 Å². The number of nitrogens with zero attached hydrogens (tertiary/aromatic N) is 2. The Bertz CT molecular complexity index is 1110. The van der Waals surface area contributed by atoms with Crippen LogP contribution >= 0.6 is 0 Å². The second-order valence-electron chi connectivity index (χ2n) is 6.54. The van der Waals surface area contributed by atoms with E-state index in [0.717, 1.165) is 4.68 Å². The largest absolute Gasteiger partial charge is 0.463 e. The van der Waals surface area contributed by atoms with Crippen molar-refractivity contribution in [3.63, 3.8) is 0 Å². The number of hydrogen-bond donors (Lipinski definition) is 1. The summed E-state index contributed by atoms with van der Waals surface area (Å²) < 4.78 is 19.9. The Morgan fingerprint density at radius 1 is 1.07 bits per heavy atom. The second kappa shape index (κ2) is 9.13.